The van der Waals surface area contributed by atoms with Crippen LogP contribution in [-0.2, 0) is 19.6 Å². The normalized spacial score (nSPS) is 11.3. The number of rotatable bonds is 7. The molecule has 148 valence electrons. The van der Waals surface area contributed by atoms with E-state index in [4.69, 9.17) is 9.72 Å². The average molecular weight is 385 g/mol. The number of fused-ring (bicyclic) bond motifs is 1. The van der Waals surface area contributed by atoms with Crippen LogP contribution in [0.5, 0.6) is 5.75 Å². The van der Waals surface area contributed by atoms with Crippen LogP contribution in [0.25, 0.3) is 11.0 Å². The van der Waals surface area contributed by atoms with Crippen molar-refractivity contribution < 1.29 is 4.74 Å². The molecular weight excluding hydrogens is 356 g/mol. The van der Waals surface area contributed by atoms with Crippen molar-refractivity contribution in [3.05, 3.63) is 95.3 Å². The molecule has 1 aromatic heterocycles. The minimum Gasteiger partial charge on any atom is -0.486 e. The van der Waals surface area contributed by atoms with Crippen molar-refractivity contribution in [2.24, 2.45) is 0 Å². The standard InChI is InChI=1S/C26H28N2O/c1-4-20-11-15-23(16-12-20)29-18-26-27-24-7-5-6-8-25(24)28(26)17-21-9-13-22(14-10-21)19(2)3/h5-16,19H,4,17-18H2,1-3H3. The Morgan fingerprint density at radius 2 is 1.55 bits per heavy atom. The van der Waals surface area contributed by atoms with Crippen molar-refractivity contribution in [2.45, 2.75) is 46.3 Å². The molecule has 3 nitrogen and oxygen atoms in total. The highest BCUT2D eigenvalue weighted by atomic mass is 16.5. The minimum absolute atomic E-state index is 0.449. The molecule has 1 heterocycles. The Bertz CT molecular complexity index is 1080. The molecule has 0 atom stereocenters. The van der Waals surface area contributed by atoms with Crippen LogP contribution in [0.2, 0.25) is 0 Å². The summed E-state index contributed by atoms with van der Waals surface area (Å²) in [5, 5.41) is 0. The molecule has 4 rings (SSSR count). The predicted octanol–water partition coefficient (Wildman–Crippen LogP) is 6.35. The third-order valence-corrected chi connectivity index (χ3v) is 5.42. The van der Waals surface area contributed by atoms with E-state index in [1.54, 1.807) is 0 Å². The maximum absolute atomic E-state index is 6.07. The molecule has 3 aromatic carbocycles. The molecule has 0 saturated carbocycles. The first kappa shape index (κ1) is 19.3. The summed E-state index contributed by atoms with van der Waals surface area (Å²) in [7, 11) is 0. The molecule has 3 heteroatoms. The van der Waals surface area contributed by atoms with Gasteiger partial charge in [0.2, 0.25) is 0 Å². The lowest BCUT2D eigenvalue weighted by atomic mass is 10.0. The Morgan fingerprint density at radius 3 is 2.24 bits per heavy atom. The van der Waals surface area contributed by atoms with Gasteiger partial charge in [0.05, 0.1) is 11.0 Å². The molecular formula is C26H28N2O. The van der Waals surface area contributed by atoms with Crippen LogP contribution >= 0.6 is 0 Å². The molecule has 0 aliphatic carbocycles. The van der Waals surface area contributed by atoms with Crippen LogP contribution in [0.3, 0.4) is 0 Å². The smallest absolute Gasteiger partial charge is 0.148 e. The first-order valence-electron chi connectivity index (χ1n) is 10.4. The molecule has 0 amide bonds. The van der Waals surface area contributed by atoms with E-state index in [-0.39, 0.29) is 0 Å². The number of imidazole rings is 1. The first-order valence-corrected chi connectivity index (χ1v) is 10.4. The highest BCUT2D eigenvalue weighted by molar-refractivity contribution is 5.76. The second kappa shape index (κ2) is 8.52. The summed E-state index contributed by atoms with van der Waals surface area (Å²) in [6, 6.07) is 25.5. The van der Waals surface area contributed by atoms with Gasteiger partial charge < -0.3 is 9.30 Å². The SMILES string of the molecule is CCc1ccc(OCc2nc3ccccc3n2Cc2ccc(C(C)C)cc2)cc1. The third-order valence-electron chi connectivity index (χ3n) is 5.42. The van der Waals surface area contributed by atoms with Gasteiger partial charge in [-0.1, -0.05) is 69.3 Å². The van der Waals surface area contributed by atoms with E-state index in [9.17, 15) is 0 Å². The van der Waals surface area contributed by atoms with Crippen LogP contribution in [0.1, 0.15) is 49.2 Å². The fraction of sp³-hybridized carbons (Fsp3) is 0.269. The van der Waals surface area contributed by atoms with Gasteiger partial charge in [0.15, 0.2) is 0 Å². The van der Waals surface area contributed by atoms with Gasteiger partial charge in [-0.25, -0.2) is 4.98 Å². The zero-order valence-electron chi connectivity index (χ0n) is 17.4. The van der Waals surface area contributed by atoms with E-state index in [1.165, 1.54) is 16.7 Å². The Kier molecular flexibility index (Phi) is 5.66. The number of aryl methyl sites for hydroxylation is 1. The van der Waals surface area contributed by atoms with Gasteiger partial charge in [-0.15, -0.1) is 0 Å². The summed E-state index contributed by atoms with van der Waals surface area (Å²) < 4.78 is 8.33. The maximum Gasteiger partial charge on any atom is 0.148 e. The molecule has 29 heavy (non-hydrogen) atoms. The topological polar surface area (TPSA) is 27.1 Å². The summed E-state index contributed by atoms with van der Waals surface area (Å²) >= 11 is 0. The molecule has 0 saturated heterocycles. The quantitative estimate of drug-likeness (QED) is 0.371. The molecule has 0 N–H and O–H groups in total. The summed E-state index contributed by atoms with van der Waals surface area (Å²) in [6.07, 6.45) is 1.03. The van der Waals surface area contributed by atoms with Gasteiger partial charge in [0.1, 0.15) is 18.2 Å². The molecule has 0 aliphatic rings. The molecule has 0 spiro atoms. The fourth-order valence-electron chi connectivity index (χ4n) is 3.57. The molecule has 0 aliphatic heterocycles. The molecule has 0 unspecified atom stereocenters. The van der Waals surface area contributed by atoms with Gasteiger partial charge in [0.25, 0.3) is 0 Å². The number of hydrogen-bond donors (Lipinski definition) is 0. The number of benzene rings is 3. The number of aromatic nitrogens is 2. The van der Waals surface area contributed by atoms with Crippen molar-refractivity contribution in [2.75, 3.05) is 0 Å². The average Bonchev–Trinajstić information content (AvgIpc) is 3.10. The van der Waals surface area contributed by atoms with Crippen LogP contribution in [0.4, 0.5) is 0 Å². The number of para-hydroxylation sites is 2. The van der Waals surface area contributed by atoms with Crippen LogP contribution in [-0.4, -0.2) is 9.55 Å². The lowest BCUT2D eigenvalue weighted by Gasteiger charge is -2.12. The predicted molar refractivity (Wildman–Crippen MR) is 120 cm³/mol. The van der Waals surface area contributed by atoms with E-state index in [0.29, 0.717) is 12.5 Å². The number of ether oxygens (including phenoxy) is 1. The summed E-state index contributed by atoms with van der Waals surface area (Å²) in [5.41, 5.74) is 6.09. The molecule has 0 bridgehead atoms. The number of hydrogen-bond acceptors (Lipinski definition) is 2. The Labute approximate surface area is 173 Å². The highest BCUT2D eigenvalue weighted by Crippen LogP contribution is 2.21. The lowest BCUT2D eigenvalue weighted by Crippen LogP contribution is -2.08. The van der Waals surface area contributed by atoms with E-state index < -0.39 is 0 Å². The fourth-order valence-corrected chi connectivity index (χ4v) is 3.57. The van der Waals surface area contributed by atoms with Crippen molar-refractivity contribution in [1.82, 2.24) is 9.55 Å². The van der Waals surface area contributed by atoms with E-state index in [2.05, 4.69) is 79.9 Å². The lowest BCUT2D eigenvalue weighted by molar-refractivity contribution is 0.291. The molecule has 0 fully saturated rings. The first-order chi connectivity index (χ1) is 14.1. The van der Waals surface area contributed by atoms with Gasteiger partial charge >= 0.3 is 0 Å². The minimum atomic E-state index is 0.449. The third kappa shape index (κ3) is 4.34. The van der Waals surface area contributed by atoms with Crippen molar-refractivity contribution in [3.63, 3.8) is 0 Å². The second-order valence-corrected chi connectivity index (χ2v) is 7.79. The second-order valence-electron chi connectivity index (χ2n) is 7.79. The van der Waals surface area contributed by atoms with Crippen LogP contribution < -0.4 is 4.74 Å². The molecule has 4 aromatic rings. The largest absolute Gasteiger partial charge is 0.486 e. The van der Waals surface area contributed by atoms with E-state index >= 15 is 0 Å². The molecule has 0 radical (unpaired) electrons. The Morgan fingerprint density at radius 1 is 0.862 bits per heavy atom. The zero-order chi connectivity index (χ0) is 20.2. The van der Waals surface area contributed by atoms with E-state index in [1.807, 2.05) is 18.2 Å². The summed E-state index contributed by atoms with van der Waals surface area (Å²) in [4.78, 5) is 4.84. The van der Waals surface area contributed by atoms with Crippen molar-refractivity contribution in [3.8, 4) is 5.75 Å². The van der Waals surface area contributed by atoms with Crippen LogP contribution in [0.15, 0.2) is 72.8 Å². The summed E-state index contributed by atoms with van der Waals surface area (Å²) in [5.74, 6) is 2.36. The highest BCUT2D eigenvalue weighted by Gasteiger charge is 2.12. The van der Waals surface area contributed by atoms with Gasteiger partial charge in [-0.05, 0) is 53.3 Å². The Hall–Kier alpha value is -3.07. The summed E-state index contributed by atoms with van der Waals surface area (Å²) in [6.45, 7) is 7.84. The van der Waals surface area contributed by atoms with Gasteiger partial charge in [-0.2, -0.15) is 0 Å². The van der Waals surface area contributed by atoms with E-state index in [0.717, 1.165) is 35.6 Å². The number of nitrogens with zero attached hydrogens (tertiary/aromatic N) is 2. The maximum atomic E-state index is 6.07. The monoisotopic (exact) mass is 384 g/mol. The Balaban J connectivity index is 1.59. The van der Waals surface area contributed by atoms with Crippen molar-refractivity contribution in [1.29, 1.82) is 0 Å². The zero-order valence-corrected chi connectivity index (χ0v) is 17.4. The van der Waals surface area contributed by atoms with Crippen molar-refractivity contribution >= 4 is 11.0 Å². The van der Waals surface area contributed by atoms with Gasteiger partial charge in [0, 0.05) is 6.54 Å². The van der Waals surface area contributed by atoms with Gasteiger partial charge in [-0.3, -0.25) is 0 Å². The van der Waals surface area contributed by atoms with Crippen LogP contribution in [0, 0.1) is 0 Å².